The third kappa shape index (κ3) is 2.32. The van der Waals surface area contributed by atoms with E-state index in [1.807, 2.05) is 0 Å². The minimum Gasteiger partial charge on any atom is -0.370 e. The van der Waals surface area contributed by atoms with Crippen LogP contribution in [-0.4, -0.2) is 21.1 Å². The lowest BCUT2D eigenvalue weighted by atomic mass is 9.89. The van der Waals surface area contributed by atoms with Gasteiger partial charge in [0.05, 0.1) is 0 Å². The summed E-state index contributed by atoms with van der Waals surface area (Å²) in [7, 11) is 0. The van der Waals surface area contributed by atoms with Gasteiger partial charge in [-0.15, -0.1) is 0 Å². The number of carbonyl (C=O) groups is 1. The number of hydrogen-bond acceptors (Lipinski definition) is 3. The molecule has 0 aliphatic rings. The topological polar surface area (TPSA) is 105 Å². The van der Waals surface area contributed by atoms with Crippen LogP contribution in [0.3, 0.4) is 0 Å². The zero-order valence-electron chi connectivity index (χ0n) is 9.93. The Bertz CT molecular complexity index is 600. The number of aryl methyl sites for hydroxylation is 1. The van der Waals surface area contributed by atoms with Gasteiger partial charge in [0.25, 0.3) is 5.56 Å². The van der Waals surface area contributed by atoms with E-state index in [9.17, 15) is 9.59 Å². The van der Waals surface area contributed by atoms with Gasteiger partial charge in [-0.05, 0) is 24.6 Å². The lowest BCUT2D eigenvalue weighted by Gasteiger charge is -2.14. The third-order valence-electron chi connectivity index (χ3n) is 2.87. The van der Waals surface area contributed by atoms with Gasteiger partial charge >= 0.3 is 0 Å². The van der Waals surface area contributed by atoms with Gasteiger partial charge in [0.15, 0.2) is 0 Å². The second-order valence-electron chi connectivity index (χ2n) is 4.12. The minimum absolute atomic E-state index is 0.0891. The van der Waals surface area contributed by atoms with E-state index in [2.05, 4.69) is 15.2 Å². The number of carbonyl (C=O) groups excluding carboxylic acids is 1. The number of aromatic nitrogens is 3. The molecular formula is C12H14N4O2. The summed E-state index contributed by atoms with van der Waals surface area (Å²) >= 11 is 0. The summed E-state index contributed by atoms with van der Waals surface area (Å²) < 4.78 is 0. The molecule has 2 heterocycles. The second kappa shape index (κ2) is 4.87. The van der Waals surface area contributed by atoms with Crippen LogP contribution < -0.4 is 11.3 Å². The van der Waals surface area contributed by atoms with Crippen molar-refractivity contribution < 1.29 is 4.79 Å². The molecule has 6 nitrogen and oxygen atoms in total. The average molecular weight is 246 g/mol. The fraction of sp³-hybridized carbons (Fsp3) is 0.250. The molecule has 94 valence electrons. The van der Waals surface area contributed by atoms with Crippen molar-refractivity contribution >= 4 is 5.91 Å². The van der Waals surface area contributed by atoms with Crippen LogP contribution in [0.4, 0.5) is 0 Å². The summed E-state index contributed by atoms with van der Waals surface area (Å²) in [5.41, 5.74) is 7.13. The Morgan fingerprint density at radius 2 is 2.06 bits per heavy atom. The standard InChI is InChI=1S/C12H14N4O2/c1-7-11(12(18)16-15-7)9(6-10(13)17)8-2-4-14-5-3-8/h2-5,9H,6H2,1H3,(H2,13,17)(H2,15,16,18). The summed E-state index contributed by atoms with van der Waals surface area (Å²) in [6.07, 6.45) is 3.34. The van der Waals surface area contributed by atoms with Crippen molar-refractivity contribution in [2.24, 2.45) is 5.73 Å². The van der Waals surface area contributed by atoms with Crippen LogP contribution in [0.1, 0.15) is 29.2 Å². The summed E-state index contributed by atoms with van der Waals surface area (Å²) in [5.74, 6) is -0.794. The van der Waals surface area contributed by atoms with Crippen molar-refractivity contribution in [1.82, 2.24) is 15.2 Å². The molecule has 0 bridgehead atoms. The number of pyridine rings is 1. The van der Waals surface area contributed by atoms with E-state index in [0.717, 1.165) is 5.56 Å². The minimum atomic E-state index is -0.447. The zero-order valence-corrected chi connectivity index (χ0v) is 9.93. The maximum Gasteiger partial charge on any atom is 0.267 e. The number of aromatic amines is 2. The molecule has 2 aromatic rings. The molecule has 2 aromatic heterocycles. The highest BCUT2D eigenvalue weighted by atomic mass is 16.1. The van der Waals surface area contributed by atoms with Crippen molar-refractivity contribution in [3.8, 4) is 0 Å². The van der Waals surface area contributed by atoms with Gasteiger partial charge < -0.3 is 10.8 Å². The van der Waals surface area contributed by atoms with Crippen LogP contribution in [-0.2, 0) is 4.79 Å². The van der Waals surface area contributed by atoms with Gasteiger partial charge in [0.1, 0.15) is 0 Å². The highest BCUT2D eigenvalue weighted by molar-refractivity contribution is 5.75. The van der Waals surface area contributed by atoms with E-state index < -0.39 is 5.91 Å². The predicted molar refractivity (Wildman–Crippen MR) is 66.0 cm³/mol. The largest absolute Gasteiger partial charge is 0.370 e. The highest BCUT2D eigenvalue weighted by Crippen LogP contribution is 2.26. The van der Waals surface area contributed by atoms with Gasteiger partial charge in [-0.1, -0.05) is 0 Å². The zero-order chi connectivity index (χ0) is 13.1. The van der Waals surface area contributed by atoms with Crippen LogP contribution >= 0.6 is 0 Å². The summed E-state index contributed by atoms with van der Waals surface area (Å²) in [6.45, 7) is 1.78. The molecule has 0 spiro atoms. The first-order valence-corrected chi connectivity index (χ1v) is 5.55. The molecule has 1 atom stereocenters. The smallest absolute Gasteiger partial charge is 0.267 e. The van der Waals surface area contributed by atoms with Gasteiger partial charge in [-0.2, -0.15) is 0 Å². The molecule has 18 heavy (non-hydrogen) atoms. The van der Waals surface area contributed by atoms with E-state index in [1.54, 1.807) is 31.5 Å². The van der Waals surface area contributed by atoms with Gasteiger partial charge in [-0.3, -0.25) is 19.7 Å². The van der Waals surface area contributed by atoms with E-state index in [-0.39, 0.29) is 17.9 Å². The molecule has 6 heteroatoms. The fourth-order valence-corrected chi connectivity index (χ4v) is 2.06. The monoisotopic (exact) mass is 246 g/mol. The Labute approximate surface area is 103 Å². The van der Waals surface area contributed by atoms with Crippen molar-refractivity contribution in [2.75, 3.05) is 0 Å². The molecule has 0 aliphatic carbocycles. The molecule has 0 aliphatic heterocycles. The van der Waals surface area contributed by atoms with E-state index in [1.165, 1.54) is 0 Å². The number of rotatable bonds is 4. The molecule has 4 N–H and O–H groups in total. The lowest BCUT2D eigenvalue weighted by Crippen LogP contribution is -2.20. The first-order chi connectivity index (χ1) is 8.59. The molecular weight excluding hydrogens is 232 g/mol. The molecule has 0 fully saturated rings. The number of nitrogens with zero attached hydrogens (tertiary/aromatic N) is 1. The van der Waals surface area contributed by atoms with Crippen molar-refractivity contribution in [3.63, 3.8) is 0 Å². The van der Waals surface area contributed by atoms with Gasteiger partial charge in [0, 0.05) is 36.0 Å². The van der Waals surface area contributed by atoms with E-state index in [4.69, 9.17) is 5.73 Å². The quantitative estimate of drug-likeness (QED) is 0.727. The van der Waals surface area contributed by atoms with Crippen molar-refractivity contribution in [3.05, 3.63) is 51.7 Å². The number of nitrogens with two attached hydrogens (primary N) is 1. The number of primary amides is 1. The second-order valence-corrected chi connectivity index (χ2v) is 4.12. The molecule has 1 unspecified atom stereocenters. The Hall–Kier alpha value is -2.37. The average Bonchev–Trinajstić information content (AvgIpc) is 2.67. The maximum absolute atomic E-state index is 11.8. The maximum atomic E-state index is 11.8. The number of amides is 1. The molecule has 1 amide bonds. The van der Waals surface area contributed by atoms with Crippen LogP contribution in [0.5, 0.6) is 0 Å². The first-order valence-electron chi connectivity index (χ1n) is 5.55. The van der Waals surface area contributed by atoms with Crippen LogP contribution in [0.15, 0.2) is 29.3 Å². The highest BCUT2D eigenvalue weighted by Gasteiger charge is 2.22. The summed E-state index contributed by atoms with van der Waals surface area (Å²) in [6, 6.07) is 3.55. The molecule has 0 aromatic carbocycles. The van der Waals surface area contributed by atoms with Crippen molar-refractivity contribution in [1.29, 1.82) is 0 Å². The Morgan fingerprint density at radius 1 is 1.39 bits per heavy atom. The number of nitrogens with one attached hydrogen (secondary N) is 2. The fourth-order valence-electron chi connectivity index (χ4n) is 2.06. The van der Waals surface area contributed by atoms with Crippen molar-refractivity contribution in [2.45, 2.75) is 19.3 Å². The first kappa shape index (κ1) is 12.1. The SMILES string of the molecule is Cc1[nH][nH]c(=O)c1C(CC(N)=O)c1ccncc1. The molecule has 0 radical (unpaired) electrons. The molecule has 0 saturated carbocycles. The normalized spacial score (nSPS) is 12.3. The predicted octanol–water partition coefficient (Wildman–Crippen LogP) is 0.414. The Kier molecular flexibility index (Phi) is 3.27. The Balaban J connectivity index is 2.50. The number of H-pyrrole nitrogens is 2. The third-order valence-corrected chi connectivity index (χ3v) is 2.87. The van der Waals surface area contributed by atoms with Gasteiger partial charge in [-0.25, -0.2) is 0 Å². The van der Waals surface area contributed by atoms with Gasteiger partial charge in [0.2, 0.25) is 5.91 Å². The van der Waals surface area contributed by atoms with E-state index >= 15 is 0 Å². The van der Waals surface area contributed by atoms with Crippen LogP contribution in [0.2, 0.25) is 0 Å². The van der Waals surface area contributed by atoms with Crippen LogP contribution in [0, 0.1) is 6.92 Å². The van der Waals surface area contributed by atoms with E-state index in [0.29, 0.717) is 11.3 Å². The molecule has 0 saturated heterocycles. The number of hydrogen-bond donors (Lipinski definition) is 3. The summed E-state index contributed by atoms with van der Waals surface area (Å²) in [5, 5.41) is 5.27. The molecule has 2 rings (SSSR count). The Morgan fingerprint density at radius 3 is 2.56 bits per heavy atom. The lowest BCUT2D eigenvalue weighted by molar-refractivity contribution is -0.118. The van der Waals surface area contributed by atoms with Crippen LogP contribution in [0.25, 0.3) is 0 Å². The summed E-state index contributed by atoms with van der Waals surface area (Å²) in [4.78, 5) is 26.9.